The summed E-state index contributed by atoms with van der Waals surface area (Å²) in [6, 6.07) is 5.66. The van der Waals surface area contributed by atoms with Crippen LogP contribution >= 0.6 is 0 Å². The lowest BCUT2D eigenvalue weighted by Crippen LogP contribution is -2.35. The van der Waals surface area contributed by atoms with Crippen LogP contribution in [0.25, 0.3) is 0 Å². The number of nitrogens with zero attached hydrogens (tertiary/aromatic N) is 2. The van der Waals surface area contributed by atoms with Gasteiger partial charge in [0, 0.05) is 23.5 Å². The van der Waals surface area contributed by atoms with Gasteiger partial charge in [-0.1, -0.05) is 11.2 Å². The third-order valence-electron chi connectivity index (χ3n) is 3.47. The summed E-state index contributed by atoms with van der Waals surface area (Å²) in [6.07, 6.45) is 3.36. The molecule has 0 fully saturated rings. The van der Waals surface area contributed by atoms with E-state index in [0.29, 0.717) is 12.3 Å². The molecular weight excluding hydrogens is 242 g/mol. The van der Waals surface area contributed by atoms with Crippen molar-refractivity contribution in [1.82, 2.24) is 5.16 Å². The van der Waals surface area contributed by atoms with Crippen molar-refractivity contribution >= 4 is 17.3 Å². The maximum absolute atomic E-state index is 12.5. The van der Waals surface area contributed by atoms with E-state index in [1.54, 1.807) is 11.1 Å². The van der Waals surface area contributed by atoms with Crippen molar-refractivity contribution in [2.75, 3.05) is 17.2 Å². The van der Waals surface area contributed by atoms with Gasteiger partial charge < -0.3 is 15.2 Å². The molecule has 1 aliphatic heterocycles. The van der Waals surface area contributed by atoms with E-state index in [2.05, 4.69) is 5.16 Å². The Labute approximate surface area is 111 Å². The van der Waals surface area contributed by atoms with Crippen molar-refractivity contribution in [3.8, 4) is 0 Å². The first-order valence-corrected chi connectivity index (χ1v) is 6.29. The second-order valence-corrected chi connectivity index (χ2v) is 4.74. The number of aryl methyl sites for hydroxylation is 1. The number of fused-ring (bicyclic) bond motifs is 1. The topological polar surface area (TPSA) is 72.4 Å². The van der Waals surface area contributed by atoms with E-state index in [0.717, 1.165) is 35.3 Å². The highest BCUT2D eigenvalue weighted by Crippen LogP contribution is 2.32. The highest BCUT2D eigenvalue weighted by atomic mass is 16.5. The fourth-order valence-electron chi connectivity index (χ4n) is 2.48. The quantitative estimate of drug-likeness (QED) is 0.794. The normalized spacial score (nSPS) is 14.3. The first kappa shape index (κ1) is 11.8. The molecule has 5 nitrogen and oxygen atoms in total. The smallest absolute Gasteiger partial charge is 0.297 e. The highest BCUT2D eigenvalue weighted by Gasteiger charge is 2.27. The lowest BCUT2D eigenvalue weighted by Gasteiger charge is -2.29. The van der Waals surface area contributed by atoms with Crippen LogP contribution in [0, 0.1) is 6.92 Å². The van der Waals surface area contributed by atoms with Crippen LogP contribution in [-0.4, -0.2) is 17.6 Å². The van der Waals surface area contributed by atoms with E-state index in [9.17, 15) is 4.79 Å². The highest BCUT2D eigenvalue weighted by molar-refractivity contribution is 6.06. The SMILES string of the molecule is Cc1cnoc1C(=O)N1CCCc2c(N)cccc21. The Hall–Kier alpha value is -2.30. The van der Waals surface area contributed by atoms with Crippen LogP contribution in [0.15, 0.2) is 28.9 Å². The van der Waals surface area contributed by atoms with Crippen molar-refractivity contribution in [2.24, 2.45) is 0 Å². The Balaban J connectivity index is 2.03. The zero-order valence-electron chi connectivity index (χ0n) is 10.7. The lowest BCUT2D eigenvalue weighted by atomic mass is 9.99. The molecule has 98 valence electrons. The van der Waals surface area contributed by atoms with E-state index < -0.39 is 0 Å². The van der Waals surface area contributed by atoms with E-state index in [1.807, 2.05) is 25.1 Å². The lowest BCUT2D eigenvalue weighted by molar-refractivity contribution is 0.0948. The molecule has 0 saturated heterocycles. The molecule has 1 aliphatic rings. The number of amides is 1. The number of aromatic nitrogens is 1. The molecule has 0 unspecified atom stereocenters. The van der Waals surface area contributed by atoms with Gasteiger partial charge in [-0.2, -0.15) is 0 Å². The Morgan fingerprint density at radius 1 is 1.47 bits per heavy atom. The molecule has 2 aromatic rings. The monoisotopic (exact) mass is 257 g/mol. The van der Waals surface area contributed by atoms with Crippen LogP contribution in [0.3, 0.4) is 0 Å². The number of anilines is 2. The third kappa shape index (κ3) is 1.87. The van der Waals surface area contributed by atoms with Crippen molar-refractivity contribution in [2.45, 2.75) is 19.8 Å². The summed E-state index contributed by atoms with van der Waals surface area (Å²) >= 11 is 0. The average molecular weight is 257 g/mol. The van der Waals surface area contributed by atoms with Crippen molar-refractivity contribution in [3.05, 3.63) is 41.3 Å². The first-order chi connectivity index (χ1) is 9.18. The molecule has 0 aliphatic carbocycles. The van der Waals surface area contributed by atoms with Crippen LogP contribution in [-0.2, 0) is 6.42 Å². The Morgan fingerprint density at radius 3 is 3.05 bits per heavy atom. The zero-order valence-corrected chi connectivity index (χ0v) is 10.7. The number of rotatable bonds is 1. The molecule has 3 rings (SSSR count). The van der Waals surface area contributed by atoms with E-state index in [1.165, 1.54) is 0 Å². The first-order valence-electron chi connectivity index (χ1n) is 6.29. The van der Waals surface area contributed by atoms with E-state index in [-0.39, 0.29) is 5.91 Å². The van der Waals surface area contributed by atoms with Crippen LogP contribution < -0.4 is 10.6 Å². The molecule has 0 bridgehead atoms. The molecule has 19 heavy (non-hydrogen) atoms. The maximum atomic E-state index is 12.5. The van der Waals surface area contributed by atoms with Crippen LogP contribution in [0.4, 0.5) is 11.4 Å². The van der Waals surface area contributed by atoms with Gasteiger partial charge in [0.25, 0.3) is 5.91 Å². The summed E-state index contributed by atoms with van der Waals surface area (Å²) in [5.74, 6) is 0.150. The van der Waals surface area contributed by atoms with Crippen molar-refractivity contribution in [1.29, 1.82) is 0 Å². The molecule has 0 atom stereocenters. The summed E-state index contributed by atoms with van der Waals surface area (Å²) in [5.41, 5.74) is 9.39. The molecule has 1 aromatic carbocycles. The van der Waals surface area contributed by atoms with Gasteiger partial charge in [0.1, 0.15) is 0 Å². The average Bonchev–Trinajstić information content (AvgIpc) is 2.84. The number of nitrogen functional groups attached to an aromatic ring is 1. The number of hydrogen-bond acceptors (Lipinski definition) is 4. The van der Waals surface area contributed by atoms with Gasteiger partial charge in [-0.05, 0) is 37.5 Å². The predicted octanol–water partition coefficient (Wildman–Crippen LogP) is 2.16. The minimum Gasteiger partial charge on any atom is -0.398 e. The summed E-state index contributed by atoms with van der Waals surface area (Å²) < 4.78 is 5.05. The van der Waals surface area contributed by atoms with Gasteiger partial charge in [-0.25, -0.2) is 0 Å². The fourth-order valence-corrected chi connectivity index (χ4v) is 2.48. The fraction of sp³-hybridized carbons (Fsp3) is 0.286. The third-order valence-corrected chi connectivity index (χ3v) is 3.47. The number of benzene rings is 1. The minimum absolute atomic E-state index is 0.151. The van der Waals surface area contributed by atoms with Gasteiger partial charge in [0.2, 0.25) is 5.76 Å². The Bertz CT molecular complexity index is 633. The largest absolute Gasteiger partial charge is 0.398 e. The maximum Gasteiger partial charge on any atom is 0.297 e. The zero-order chi connectivity index (χ0) is 13.4. The molecule has 5 heteroatoms. The number of hydrogen-bond donors (Lipinski definition) is 1. The summed E-state index contributed by atoms with van der Waals surface area (Å²) in [5, 5.41) is 3.66. The van der Waals surface area contributed by atoms with E-state index >= 15 is 0 Å². The standard InChI is InChI=1S/C14H15N3O2/c1-9-8-16-19-13(9)14(18)17-7-3-4-10-11(15)5-2-6-12(10)17/h2,5-6,8H,3-4,7,15H2,1H3. The predicted molar refractivity (Wildman–Crippen MR) is 72.1 cm³/mol. The van der Waals surface area contributed by atoms with Gasteiger partial charge >= 0.3 is 0 Å². The number of carbonyl (C=O) groups is 1. The van der Waals surface area contributed by atoms with E-state index in [4.69, 9.17) is 10.3 Å². The van der Waals surface area contributed by atoms with Crippen molar-refractivity contribution < 1.29 is 9.32 Å². The number of carbonyl (C=O) groups excluding carboxylic acids is 1. The minimum atomic E-state index is -0.151. The Kier molecular flexibility index (Phi) is 2.74. The van der Waals surface area contributed by atoms with Gasteiger partial charge in [-0.15, -0.1) is 0 Å². The second kappa shape index (κ2) is 4.42. The van der Waals surface area contributed by atoms with Gasteiger partial charge in [0.05, 0.1) is 6.20 Å². The molecule has 0 radical (unpaired) electrons. The summed E-state index contributed by atoms with van der Waals surface area (Å²) in [6.45, 7) is 2.49. The second-order valence-electron chi connectivity index (χ2n) is 4.74. The molecular formula is C14H15N3O2. The van der Waals surface area contributed by atoms with Gasteiger partial charge in [0.15, 0.2) is 0 Å². The Morgan fingerprint density at radius 2 is 2.32 bits per heavy atom. The molecule has 2 N–H and O–H groups in total. The molecule has 2 heterocycles. The molecule has 0 saturated carbocycles. The number of nitrogens with two attached hydrogens (primary N) is 1. The summed E-state index contributed by atoms with van der Waals surface area (Å²) in [4.78, 5) is 14.2. The van der Waals surface area contributed by atoms with Crippen molar-refractivity contribution in [3.63, 3.8) is 0 Å². The summed E-state index contributed by atoms with van der Waals surface area (Å²) in [7, 11) is 0. The van der Waals surface area contributed by atoms with Crippen LogP contribution in [0.2, 0.25) is 0 Å². The van der Waals surface area contributed by atoms with Gasteiger partial charge in [-0.3, -0.25) is 4.79 Å². The molecule has 1 aromatic heterocycles. The van der Waals surface area contributed by atoms with Crippen LogP contribution in [0.1, 0.15) is 28.1 Å². The molecule has 1 amide bonds. The van der Waals surface area contributed by atoms with Crippen LogP contribution in [0.5, 0.6) is 0 Å². The molecule has 0 spiro atoms.